The molecule has 0 bridgehead atoms. The minimum atomic E-state index is -0.263. The molecule has 1 fully saturated rings. The molecule has 1 aromatic carbocycles. The van der Waals surface area contributed by atoms with Crippen LogP contribution in [-0.4, -0.2) is 51.1 Å². The first-order chi connectivity index (χ1) is 12.5. The third-order valence-electron chi connectivity index (χ3n) is 4.74. The number of hydrogen-bond acceptors (Lipinski definition) is 6. The average molecular weight is 375 g/mol. The zero-order valence-corrected chi connectivity index (χ0v) is 16.2. The Labute approximate surface area is 157 Å². The van der Waals surface area contributed by atoms with E-state index in [9.17, 15) is 4.79 Å². The maximum Gasteiger partial charge on any atom is 0.235 e. The van der Waals surface area contributed by atoms with E-state index in [1.807, 2.05) is 36.1 Å². The summed E-state index contributed by atoms with van der Waals surface area (Å²) < 4.78 is 6.79. The van der Waals surface area contributed by atoms with Crippen molar-refractivity contribution in [3.8, 4) is 17.1 Å². The molecule has 2 N–H and O–H groups in total. The molecule has 1 atom stereocenters. The average Bonchev–Trinajstić information content (AvgIpc) is 3.02. The lowest BCUT2D eigenvalue weighted by Crippen LogP contribution is -2.41. The van der Waals surface area contributed by atoms with Crippen molar-refractivity contribution in [1.29, 1.82) is 0 Å². The summed E-state index contributed by atoms with van der Waals surface area (Å²) in [5, 5.41) is 8.61. The topological polar surface area (TPSA) is 86.3 Å². The number of piperidine rings is 1. The first-order valence-corrected chi connectivity index (χ1v) is 9.68. The number of aromatic nitrogens is 3. The van der Waals surface area contributed by atoms with E-state index in [-0.39, 0.29) is 11.2 Å². The summed E-state index contributed by atoms with van der Waals surface area (Å²) in [6, 6.07) is 7.50. The minimum Gasteiger partial charge on any atom is -0.496 e. The van der Waals surface area contributed by atoms with Crippen LogP contribution < -0.4 is 10.6 Å². The van der Waals surface area contributed by atoms with Crippen LogP contribution >= 0.6 is 11.8 Å². The van der Waals surface area contributed by atoms with Crippen molar-refractivity contribution < 1.29 is 9.53 Å². The molecule has 1 saturated heterocycles. The summed E-state index contributed by atoms with van der Waals surface area (Å²) in [7, 11) is 1.60. The summed E-state index contributed by atoms with van der Waals surface area (Å²) in [5.74, 6) is 8.20. The molecule has 0 radical (unpaired) electrons. The van der Waals surface area contributed by atoms with Gasteiger partial charge < -0.3 is 15.5 Å². The number of amides is 1. The fourth-order valence-electron chi connectivity index (χ4n) is 3.07. The molecule has 3 rings (SSSR count). The lowest BCUT2D eigenvalue weighted by atomic mass is 9.99. The van der Waals surface area contributed by atoms with Crippen LogP contribution in [0, 0.1) is 5.92 Å². The third-order valence-corrected chi connectivity index (χ3v) is 5.78. The standard InChI is InChI=1S/C18H25N5O2S/c1-12-8-10-22(11-9-12)17(24)13(2)26-18-21-20-16(23(18)19)14-6-4-5-7-15(14)25-3/h4-7,12-13H,8-11,19H2,1-3H3. The fraction of sp³-hybridized carbons (Fsp3) is 0.500. The highest BCUT2D eigenvalue weighted by molar-refractivity contribution is 8.00. The molecule has 140 valence electrons. The molecule has 0 aliphatic carbocycles. The Morgan fingerprint density at radius 2 is 2.00 bits per heavy atom. The molecular weight excluding hydrogens is 350 g/mol. The van der Waals surface area contributed by atoms with Crippen LogP contribution in [0.3, 0.4) is 0 Å². The van der Waals surface area contributed by atoms with Crippen LogP contribution in [0.15, 0.2) is 29.4 Å². The number of hydrogen-bond donors (Lipinski definition) is 1. The molecule has 26 heavy (non-hydrogen) atoms. The molecule has 1 unspecified atom stereocenters. The molecule has 0 saturated carbocycles. The molecule has 1 aromatic heterocycles. The lowest BCUT2D eigenvalue weighted by Gasteiger charge is -2.31. The van der Waals surface area contributed by atoms with E-state index in [1.165, 1.54) is 16.4 Å². The molecule has 1 amide bonds. The number of methoxy groups -OCH3 is 1. The molecule has 2 heterocycles. The highest BCUT2D eigenvalue weighted by atomic mass is 32.2. The Morgan fingerprint density at radius 1 is 1.31 bits per heavy atom. The van der Waals surface area contributed by atoms with Crippen molar-refractivity contribution in [1.82, 2.24) is 19.8 Å². The number of carbonyl (C=O) groups excluding carboxylic acids is 1. The van der Waals surface area contributed by atoms with E-state index < -0.39 is 0 Å². The van der Waals surface area contributed by atoms with Gasteiger partial charge in [-0.2, -0.15) is 0 Å². The second-order valence-corrected chi connectivity index (χ2v) is 7.95. The molecule has 8 heteroatoms. The van der Waals surface area contributed by atoms with Gasteiger partial charge in [0.2, 0.25) is 11.1 Å². The quantitative estimate of drug-likeness (QED) is 0.638. The highest BCUT2D eigenvalue weighted by Crippen LogP contribution is 2.31. The molecule has 2 aromatic rings. The van der Waals surface area contributed by atoms with Crippen molar-refractivity contribution >= 4 is 17.7 Å². The zero-order chi connectivity index (χ0) is 18.7. The van der Waals surface area contributed by atoms with Gasteiger partial charge in [-0.1, -0.05) is 30.8 Å². The molecule has 1 aliphatic heterocycles. The van der Waals surface area contributed by atoms with Gasteiger partial charge in [-0.05, 0) is 37.8 Å². The van der Waals surface area contributed by atoms with Gasteiger partial charge in [0.1, 0.15) is 5.75 Å². The van der Waals surface area contributed by atoms with Gasteiger partial charge in [0.25, 0.3) is 0 Å². The summed E-state index contributed by atoms with van der Waals surface area (Å²) in [6.07, 6.45) is 2.13. The Hall–Kier alpha value is -2.22. The molecule has 1 aliphatic rings. The number of thioether (sulfide) groups is 1. The van der Waals surface area contributed by atoms with E-state index >= 15 is 0 Å². The minimum absolute atomic E-state index is 0.128. The number of ether oxygens (including phenoxy) is 1. The molecule has 7 nitrogen and oxygen atoms in total. The maximum atomic E-state index is 12.7. The van der Waals surface area contributed by atoms with Crippen LogP contribution in [0.5, 0.6) is 5.75 Å². The van der Waals surface area contributed by atoms with Gasteiger partial charge in [-0.3, -0.25) is 4.79 Å². The normalized spacial score (nSPS) is 16.5. The van der Waals surface area contributed by atoms with Crippen LogP contribution in [0.25, 0.3) is 11.4 Å². The second kappa shape index (κ2) is 7.99. The highest BCUT2D eigenvalue weighted by Gasteiger charge is 2.27. The first kappa shape index (κ1) is 18.6. The van der Waals surface area contributed by atoms with Crippen LogP contribution in [-0.2, 0) is 4.79 Å². The van der Waals surface area contributed by atoms with E-state index in [1.54, 1.807) is 7.11 Å². The molecule has 0 spiro atoms. The summed E-state index contributed by atoms with van der Waals surface area (Å²) in [4.78, 5) is 14.6. The Morgan fingerprint density at radius 3 is 2.69 bits per heavy atom. The Balaban J connectivity index is 1.73. The van der Waals surface area contributed by atoms with Crippen molar-refractivity contribution in [3.05, 3.63) is 24.3 Å². The van der Waals surface area contributed by atoms with Gasteiger partial charge >= 0.3 is 0 Å². The number of nitrogen functional groups attached to an aromatic ring is 1. The lowest BCUT2D eigenvalue weighted by molar-refractivity contribution is -0.131. The number of para-hydroxylation sites is 1. The van der Waals surface area contributed by atoms with Crippen molar-refractivity contribution in [2.75, 3.05) is 26.0 Å². The van der Waals surface area contributed by atoms with Crippen LogP contribution in [0.4, 0.5) is 0 Å². The number of nitrogens with zero attached hydrogens (tertiary/aromatic N) is 4. The van der Waals surface area contributed by atoms with Gasteiger partial charge in [0, 0.05) is 13.1 Å². The predicted octanol–water partition coefficient (Wildman–Crippen LogP) is 2.41. The van der Waals surface area contributed by atoms with Gasteiger partial charge in [-0.25, -0.2) is 4.68 Å². The first-order valence-electron chi connectivity index (χ1n) is 8.80. The van der Waals surface area contributed by atoms with Crippen molar-refractivity contribution in [3.63, 3.8) is 0 Å². The monoisotopic (exact) mass is 375 g/mol. The fourth-order valence-corrected chi connectivity index (χ4v) is 3.92. The number of nitrogens with two attached hydrogens (primary N) is 1. The Bertz CT molecular complexity index is 771. The van der Waals surface area contributed by atoms with Crippen LogP contribution in [0.1, 0.15) is 26.7 Å². The summed E-state index contributed by atoms with van der Waals surface area (Å²) in [5.41, 5.74) is 0.765. The summed E-state index contributed by atoms with van der Waals surface area (Å²) in [6.45, 7) is 5.78. The predicted molar refractivity (Wildman–Crippen MR) is 102 cm³/mol. The van der Waals surface area contributed by atoms with Gasteiger partial charge in [-0.15, -0.1) is 10.2 Å². The van der Waals surface area contributed by atoms with Crippen molar-refractivity contribution in [2.45, 2.75) is 37.1 Å². The zero-order valence-electron chi connectivity index (χ0n) is 15.4. The van der Waals surface area contributed by atoms with Crippen LogP contribution in [0.2, 0.25) is 0 Å². The number of likely N-dealkylation sites (tertiary alicyclic amines) is 1. The number of carbonyl (C=O) groups is 1. The number of benzene rings is 1. The molecular formula is C18H25N5O2S. The van der Waals surface area contributed by atoms with E-state index in [0.717, 1.165) is 31.5 Å². The SMILES string of the molecule is COc1ccccc1-c1nnc(SC(C)C(=O)N2CCC(C)CC2)n1N. The smallest absolute Gasteiger partial charge is 0.235 e. The summed E-state index contributed by atoms with van der Waals surface area (Å²) >= 11 is 1.33. The van der Waals surface area contributed by atoms with Gasteiger partial charge in [0.05, 0.1) is 17.9 Å². The van der Waals surface area contributed by atoms with Gasteiger partial charge in [0.15, 0.2) is 5.82 Å². The van der Waals surface area contributed by atoms with E-state index in [2.05, 4.69) is 17.1 Å². The second-order valence-electron chi connectivity index (χ2n) is 6.64. The Kier molecular flexibility index (Phi) is 5.70. The largest absolute Gasteiger partial charge is 0.496 e. The third kappa shape index (κ3) is 3.80. The van der Waals surface area contributed by atoms with Crippen molar-refractivity contribution in [2.24, 2.45) is 5.92 Å². The number of rotatable bonds is 5. The van der Waals surface area contributed by atoms with E-state index in [4.69, 9.17) is 10.6 Å². The maximum absolute atomic E-state index is 12.7. The van der Waals surface area contributed by atoms with E-state index in [0.29, 0.717) is 22.6 Å².